The predicted molar refractivity (Wildman–Crippen MR) is 295 cm³/mol. The van der Waals surface area contributed by atoms with Crippen LogP contribution in [0.2, 0.25) is 0 Å². The number of rotatable bonds is 9. The van der Waals surface area contributed by atoms with Crippen molar-refractivity contribution in [1.29, 1.82) is 0 Å². The first kappa shape index (κ1) is 41.2. The maximum Gasteiger partial charge on any atom is 0.0714 e. The summed E-state index contributed by atoms with van der Waals surface area (Å²) in [7, 11) is 0. The van der Waals surface area contributed by atoms with Crippen molar-refractivity contribution in [2.45, 2.75) is 5.41 Å². The average molecular weight is 890 g/mol. The number of fused-ring (bicyclic) bond motifs is 6. The van der Waals surface area contributed by atoms with Gasteiger partial charge in [0.05, 0.1) is 11.1 Å². The molecular formula is C69H47N. The summed E-state index contributed by atoms with van der Waals surface area (Å²) < 4.78 is 0. The lowest BCUT2D eigenvalue weighted by Crippen LogP contribution is -2.28. The number of anilines is 3. The van der Waals surface area contributed by atoms with Crippen LogP contribution in [0, 0.1) is 0 Å². The fourth-order valence-corrected chi connectivity index (χ4v) is 11.4. The summed E-state index contributed by atoms with van der Waals surface area (Å²) in [6.45, 7) is 0. The van der Waals surface area contributed by atoms with Crippen molar-refractivity contribution in [3.8, 4) is 55.6 Å². The average Bonchev–Trinajstić information content (AvgIpc) is 3.74. The molecule has 0 atom stereocenters. The Morgan fingerprint density at radius 3 is 1.27 bits per heavy atom. The third kappa shape index (κ3) is 6.78. The SMILES string of the molecule is c1ccc(-c2cccc(-c3c(N(c4cc(-c5ccccc5)cc(-c5ccccc5)c4)c4ccc5c(c4)C(c4ccccc4)(c4ccccc4)c4ccccc4-5)c4ccccc4c4ccccc34)c2)cc1. The van der Waals surface area contributed by atoms with Crippen LogP contribution in [0.15, 0.2) is 285 Å². The fourth-order valence-electron chi connectivity index (χ4n) is 11.4. The summed E-state index contributed by atoms with van der Waals surface area (Å²) in [4.78, 5) is 2.59. The number of hydrogen-bond donors (Lipinski definition) is 0. The van der Waals surface area contributed by atoms with Crippen molar-refractivity contribution in [2.24, 2.45) is 0 Å². The minimum absolute atomic E-state index is 0.588. The highest BCUT2D eigenvalue weighted by Gasteiger charge is 2.46. The van der Waals surface area contributed by atoms with Crippen LogP contribution in [-0.2, 0) is 5.41 Å². The number of hydrogen-bond acceptors (Lipinski definition) is 1. The second-order valence-electron chi connectivity index (χ2n) is 18.4. The Balaban J connectivity index is 1.19. The lowest BCUT2D eigenvalue weighted by molar-refractivity contribution is 0.768. The van der Waals surface area contributed by atoms with Gasteiger partial charge in [0.1, 0.15) is 0 Å². The van der Waals surface area contributed by atoms with E-state index in [0.29, 0.717) is 0 Å². The molecule has 12 aromatic carbocycles. The van der Waals surface area contributed by atoms with Gasteiger partial charge in [0.25, 0.3) is 0 Å². The summed E-state index contributed by atoms with van der Waals surface area (Å²) in [5, 5.41) is 4.81. The number of benzene rings is 12. The maximum absolute atomic E-state index is 2.59. The highest BCUT2D eigenvalue weighted by Crippen LogP contribution is 2.58. The van der Waals surface area contributed by atoms with Gasteiger partial charge >= 0.3 is 0 Å². The van der Waals surface area contributed by atoms with Gasteiger partial charge in [-0.15, -0.1) is 0 Å². The molecule has 1 aliphatic carbocycles. The molecule has 0 aliphatic heterocycles. The smallest absolute Gasteiger partial charge is 0.0714 e. The molecule has 0 saturated heterocycles. The van der Waals surface area contributed by atoms with Crippen LogP contribution < -0.4 is 4.90 Å². The van der Waals surface area contributed by atoms with E-state index in [1.807, 2.05) is 0 Å². The molecule has 0 aromatic heterocycles. The van der Waals surface area contributed by atoms with Gasteiger partial charge in [-0.3, -0.25) is 0 Å². The lowest BCUT2D eigenvalue weighted by atomic mass is 9.67. The molecule has 0 radical (unpaired) electrons. The maximum atomic E-state index is 2.59. The molecule has 12 aromatic rings. The quantitative estimate of drug-likeness (QED) is 0.131. The first-order valence-electron chi connectivity index (χ1n) is 24.2. The minimum atomic E-state index is -0.588. The van der Waals surface area contributed by atoms with Crippen LogP contribution >= 0.6 is 0 Å². The monoisotopic (exact) mass is 889 g/mol. The second kappa shape index (κ2) is 17.2. The first-order chi connectivity index (χ1) is 34.7. The molecule has 13 rings (SSSR count). The Morgan fingerprint density at radius 1 is 0.243 bits per heavy atom. The van der Waals surface area contributed by atoms with Crippen molar-refractivity contribution in [3.05, 3.63) is 307 Å². The molecule has 0 amide bonds. The molecule has 328 valence electrons. The van der Waals surface area contributed by atoms with Crippen molar-refractivity contribution in [2.75, 3.05) is 4.90 Å². The summed E-state index contributed by atoms with van der Waals surface area (Å²) >= 11 is 0. The van der Waals surface area contributed by atoms with E-state index in [1.54, 1.807) is 0 Å². The Bertz CT molecular complexity index is 3760. The van der Waals surface area contributed by atoms with E-state index in [4.69, 9.17) is 0 Å². The molecule has 1 nitrogen and oxygen atoms in total. The van der Waals surface area contributed by atoms with Crippen LogP contribution in [0.5, 0.6) is 0 Å². The van der Waals surface area contributed by atoms with E-state index in [9.17, 15) is 0 Å². The van der Waals surface area contributed by atoms with E-state index in [0.717, 1.165) is 44.9 Å². The Kier molecular flexibility index (Phi) is 10.1. The van der Waals surface area contributed by atoms with Crippen LogP contribution in [0.4, 0.5) is 17.1 Å². The zero-order valence-electron chi connectivity index (χ0n) is 38.6. The van der Waals surface area contributed by atoms with Crippen LogP contribution in [0.1, 0.15) is 22.3 Å². The van der Waals surface area contributed by atoms with Crippen molar-refractivity contribution in [1.82, 2.24) is 0 Å². The van der Waals surface area contributed by atoms with Crippen LogP contribution in [-0.4, -0.2) is 0 Å². The normalized spacial score (nSPS) is 12.4. The molecule has 0 heterocycles. The summed E-state index contributed by atoms with van der Waals surface area (Å²) in [6, 6.07) is 105. The lowest BCUT2D eigenvalue weighted by Gasteiger charge is -2.35. The number of nitrogens with zero attached hydrogens (tertiary/aromatic N) is 1. The molecule has 0 spiro atoms. The van der Waals surface area contributed by atoms with Crippen LogP contribution in [0.3, 0.4) is 0 Å². The summed E-state index contributed by atoms with van der Waals surface area (Å²) in [6.07, 6.45) is 0. The fraction of sp³-hybridized carbons (Fsp3) is 0.0145. The van der Waals surface area contributed by atoms with Gasteiger partial charge < -0.3 is 4.90 Å². The van der Waals surface area contributed by atoms with Gasteiger partial charge in [-0.2, -0.15) is 0 Å². The zero-order valence-corrected chi connectivity index (χ0v) is 38.6. The molecule has 0 bridgehead atoms. The van der Waals surface area contributed by atoms with Gasteiger partial charge in [-0.25, -0.2) is 0 Å². The van der Waals surface area contributed by atoms with E-state index in [-0.39, 0.29) is 0 Å². The largest absolute Gasteiger partial charge is 0.309 e. The topological polar surface area (TPSA) is 3.24 Å². The third-order valence-electron chi connectivity index (χ3n) is 14.5. The predicted octanol–water partition coefficient (Wildman–Crippen LogP) is 18.5. The van der Waals surface area contributed by atoms with Gasteiger partial charge in [-0.05, 0) is 125 Å². The van der Waals surface area contributed by atoms with E-state index in [1.165, 1.54) is 71.6 Å². The van der Waals surface area contributed by atoms with Crippen molar-refractivity contribution < 1.29 is 0 Å². The molecule has 1 heteroatoms. The first-order valence-corrected chi connectivity index (χ1v) is 24.2. The minimum Gasteiger partial charge on any atom is -0.309 e. The van der Waals surface area contributed by atoms with Gasteiger partial charge in [0.2, 0.25) is 0 Å². The van der Waals surface area contributed by atoms with E-state index < -0.39 is 5.41 Å². The molecule has 0 saturated carbocycles. The zero-order chi connectivity index (χ0) is 46.4. The molecular weight excluding hydrogens is 843 g/mol. The molecule has 1 aliphatic rings. The second-order valence-corrected chi connectivity index (χ2v) is 18.4. The summed E-state index contributed by atoms with van der Waals surface area (Å²) in [5.41, 5.74) is 19.5. The molecule has 0 unspecified atom stereocenters. The molecule has 0 N–H and O–H groups in total. The highest BCUT2D eigenvalue weighted by atomic mass is 15.1. The van der Waals surface area contributed by atoms with Crippen molar-refractivity contribution in [3.63, 3.8) is 0 Å². The highest BCUT2D eigenvalue weighted by molar-refractivity contribution is 6.22. The van der Waals surface area contributed by atoms with Crippen molar-refractivity contribution >= 4 is 38.6 Å². The molecule has 0 fully saturated rings. The van der Waals surface area contributed by atoms with Gasteiger partial charge in [0.15, 0.2) is 0 Å². The standard InChI is InChI=1S/C69H47N/c1-6-23-48(24-7-1)51-29-22-30-52(43-51)67-63-38-18-16-35-59(63)60-36-17-19-39-64(60)68(67)70(58-45-53(49-25-8-2-9-26-49)44-54(46-58)50-27-10-3-11-28-50)57-41-42-62-61-37-20-21-40-65(61)69(66(62)47-57,55-31-12-4-13-32-55)56-33-14-5-15-34-56/h1-47H. The van der Waals surface area contributed by atoms with E-state index >= 15 is 0 Å². The Hall–Kier alpha value is -9.04. The molecule has 70 heavy (non-hydrogen) atoms. The van der Waals surface area contributed by atoms with Gasteiger partial charge in [0, 0.05) is 22.3 Å². The Labute approximate surface area is 409 Å². The van der Waals surface area contributed by atoms with Crippen LogP contribution in [0.25, 0.3) is 77.2 Å². The summed E-state index contributed by atoms with van der Waals surface area (Å²) in [5.74, 6) is 0. The third-order valence-corrected chi connectivity index (χ3v) is 14.5. The van der Waals surface area contributed by atoms with Gasteiger partial charge in [-0.1, -0.05) is 249 Å². The van der Waals surface area contributed by atoms with E-state index in [2.05, 4.69) is 290 Å². The Morgan fingerprint density at radius 2 is 0.671 bits per heavy atom.